The highest BCUT2D eigenvalue weighted by molar-refractivity contribution is 6.11. The van der Waals surface area contributed by atoms with Crippen molar-refractivity contribution < 1.29 is 23.9 Å². The van der Waals surface area contributed by atoms with Crippen LogP contribution in [0.25, 0.3) is 0 Å². The molecule has 8 heteroatoms. The van der Waals surface area contributed by atoms with Gasteiger partial charge >= 0.3 is 6.03 Å². The highest BCUT2D eigenvalue weighted by Gasteiger charge is 2.51. The number of imide groups is 1. The Morgan fingerprint density at radius 3 is 2.47 bits per heavy atom. The van der Waals surface area contributed by atoms with Crippen molar-refractivity contribution in [1.82, 2.24) is 10.2 Å². The van der Waals surface area contributed by atoms with E-state index in [1.807, 2.05) is 6.92 Å². The molecule has 0 saturated carbocycles. The molecule has 0 bridgehead atoms. The summed E-state index contributed by atoms with van der Waals surface area (Å²) in [5.41, 5.74) is 0.615. The van der Waals surface area contributed by atoms with E-state index in [-0.39, 0.29) is 0 Å². The molecule has 0 aliphatic carbocycles. The summed E-state index contributed by atoms with van der Waals surface area (Å²) >= 11 is 0. The molecule has 0 spiro atoms. The molecule has 32 heavy (non-hydrogen) atoms. The molecule has 8 nitrogen and oxygen atoms in total. The first-order valence-corrected chi connectivity index (χ1v) is 10.1. The highest BCUT2D eigenvalue weighted by atomic mass is 16.5. The third-order valence-corrected chi connectivity index (χ3v) is 5.27. The standard InChI is InChI=1S/C24H27N3O5/c1-15(2)14-32-18-12-10-17(11-13-18)24(4)22(29)27(23(30)26-24)16(3)21(28)25-19-8-6-7-9-20(19)31-5/h6-13,16H,1,14H2,2-5H3,(H,25,28)(H,26,30). The van der Waals surface area contributed by atoms with Crippen molar-refractivity contribution in [2.75, 3.05) is 19.0 Å². The fraction of sp³-hybridized carbons (Fsp3) is 0.292. The molecule has 2 aromatic rings. The lowest BCUT2D eigenvalue weighted by molar-refractivity contribution is -0.136. The normalized spacial score (nSPS) is 18.7. The molecule has 4 amide bonds. The summed E-state index contributed by atoms with van der Waals surface area (Å²) in [6.45, 7) is 9.16. The first-order chi connectivity index (χ1) is 15.2. The number of methoxy groups -OCH3 is 1. The van der Waals surface area contributed by atoms with Crippen molar-refractivity contribution >= 4 is 23.5 Å². The average Bonchev–Trinajstić information content (AvgIpc) is 3.01. The number of rotatable bonds is 8. The summed E-state index contributed by atoms with van der Waals surface area (Å²) in [5, 5.41) is 5.43. The van der Waals surface area contributed by atoms with Crippen LogP contribution in [0.3, 0.4) is 0 Å². The zero-order chi connectivity index (χ0) is 23.5. The third kappa shape index (κ3) is 4.44. The van der Waals surface area contributed by atoms with E-state index in [1.165, 1.54) is 14.0 Å². The lowest BCUT2D eigenvalue weighted by atomic mass is 9.91. The lowest BCUT2D eigenvalue weighted by Crippen LogP contribution is -2.47. The number of para-hydroxylation sites is 2. The molecule has 168 valence electrons. The molecule has 1 saturated heterocycles. The van der Waals surface area contributed by atoms with Gasteiger partial charge in [-0.25, -0.2) is 9.69 Å². The van der Waals surface area contributed by atoms with Gasteiger partial charge in [-0.15, -0.1) is 0 Å². The number of hydrogen-bond acceptors (Lipinski definition) is 5. The summed E-state index contributed by atoms with van der Waals surface area (Å²) in [6, 6.07) is 12.1. The minimum atomic E-state index is -1.30. The van der Waals surface area contributed by atoms with E-state index in [0.717, 1.165) is 10.5 Å². The minimum absolute atomic E-state index is 0.388. The number of hydrogen-bond donors (Lipinski definition) is 2. The molecule has 1 aliphatic rings. The largest absolute Gasteiger partial charge is 0.495 e. The van der Waals surface area contributed by atoms with E-state index < -0.39 is 29.4 Å². The van der Waals surface area contributed by atoms with Crippen LogP contribution in [-0.2, 0) is 15.1 Å². The van der Waals surface area contributed by atoms with E-state index in [4.69, 9.17) is 9.47 Å². The fourth-order valence-corrected chi connectivity index (χ4v) is 3.40. The van der Waals surface area contributed by atoms with Crippen LogP contribution in [0.4, 0.5) is 10.5 Å². The maximum Gasteiger partial charge on any atom is 0.326 e. The van der Waals surface area contributed by atoms with Crippen molar-refractivity contribution in [2.24, 2.45) is 0 Å². The number of carbonyl (C=O) groups excluding carboxylic acids is 3. The molecule has 2 aromatic carbocycles. The lowest BCUT2D eigenvalue weighted by Gasteiger charge is -2.25. The van der Waals surface area contributed by atoms with Crippen LogP contribution in [0.5, 0.6) is 11.5 Å². The van der Waals surface area contributed by atoms with Gasteiger partial charge in [0.2, 0.25) is 5.91 Å². The average molecular weight is 437 g/mol. The number of amides is 4. The number of carbonyl (C=O) groups is 3. The Labute approximate surface area is 187 Å². The topological polar surface area (TPSA) is 97.0 Å². The number of ether oxygens (including phenoxy) is 2. The Kier molecular flexibility index (Phi) is 6.53. The van der Waals surface area contributed by atoms with Crippen molar-refractivity contribution in [2.45, 2.75) is 32.4 Å². The summed E-state index contributed by atoms with van der Waals surface area (Å²) in [4.78, 5) is 39.7. The van der Waals surface area contributed by atoms with E-state index in [2.05, 4.69) is 17.2 Å². The van der Waals surface area contributed by atoms with Crippen LogP contribution in [0.1, 0.15) is 26.3 Å². The first kappa shape index (κ1) is 22.9. The van der Waals surface area contributed by atoms with Gasteiger partial charge < -0.3 is 20.1 Å². The van der Waals surface area contributed by atoms with Crippen molar-refractivity contribution in [1.29, 1.82) is 0 Å². The Morgan fingerprint density at radius 1 is 1.19 bits per heavy atom. The second-order valence-electron chi connectivity index (χ2n) is 7.87. The summed E-state index contributed by atoms with van der Waals surface area (Å²) in [6.07, 6.45) is 0. The van der Waals surface area contributed by atoms with E-state index in [0.29, 0.717) is 29.4 Å². The van der Waals surface area contributed by atoms with Crippen LogP contribution < -0.4 is 20.1 Å². The predicted molar refractivity (Wildman–Crippen MR) is 121 cm³/mol. The SMILES string of the molecule is C=C(C)COc1ccc(C2(C)NC(=O)N(C(C)C(=O)Nc3ccccc3OC)C2=O)cc1. The van der Waals surface area contributed by atoms with Gasteiger partial charge in [-0.3, -0.25) is 9.59 Å². The molecule has 1 fully saturated rings. The number of anilines is 1. The molecule has 2 unspecified atom stereocenters. The van der Waals surface area contributed by atoms with Gasteiger partial charge in [0.05, 0.1) is 12.8 Å². The van der Waals surface area contributed by atoms with Gasteiger partial charge in [-0.1, -0.05) is 30.8 Å². The zero-order valence-electron chi connectivity index (χ0n) is 18.6. The second kappa shape index (κ2) is 9.13. The summed E-state index contributed by atoms with van der Waals surface area (Å²) in [5.74, 6) is 0.0779. The van der Waals surface area contributed by atoms with Gasteiger partial charge in [-0.05, 0) is 56.2 Å². The predicted octanol–water partition coefficient (Wildman–Crippen LogP) is 3.44. The molecular weight excluding hydrogens is 410 g/mol. The summed E-state index contributed by atoms with van der Waals surface area (Å²) in [7, 11) is 1.49. The number of benzene rings is 2. The van der Waals surface area contributed by atoms with Crippen LogP contribution >= 0.6 is 0 Å². The van der Waals surface area contributed by atoms with Gasteiger partial charge in [0.15, 0.2) is 0 Å². The molecule has 2 atom stereocenters. The van der Waals surface area contributed by atoms with E-state index >= 15 is 0 Å². The highest BCUT2D eigenvalue weighted by Crippen LogP contribution is 2.32. The number of urea groups is 1. The first-order valence-electron chi connectivity index (χ1n) is 10.1. The Balaban J connectivity index is 1.77. The second-order valence-corrected chi connectivity index (χ2v) is 7.87. The monoisotopic (exact) mass is 437 g/mol. The van der Waals surface area contributed by atoms with Gasteiger partial charge in [0, 0.05) is 0 Å². The van der Waals surface area contributed by atoms with Crippen molar-refractivity contribution in [3.8, 4) is 11.5 Å². The van der Waals surface area contributed by atoms with E-state index in [1.54, 1.807) is 55.5 Å². The third-order valence-electron chi connectivity index (χ3n) is 5.27. The van der Waals surface area contributed by atoms with Crippen molar-refractivity contribution in [3.05, 3.63) is 66.2 Å². The molecule has 1 heterocycles. The van der Waals surface area contributed by atoms with Gasteiger partial charge in [-0.2, -0.15) is 0 Å². The van der Waals surface area contributed by atoms with Crippen LogP contribution in [0, 0.1) is 0 Å². The maximum atomic E-state index is 13.3. The van der Waals surface area contributed by atoms with Gasteiger partial charge in [0.1, 0.15) is 29.7 Å². The molecule has 0 radical (unpaired) electrons. The quantitative estimate of drug-likeness (QED) is 0.487. The Bertz CT molecular complexity index is 1050. The fourth-order valence-electron chi connectivity index (χ4n) is 3.40. The van der Waals surface area contributed by atoms with Gasteiger partial charge in [0.25, 0.3) is 5.91 Å². The molecule has 0 aromatic heterocycles. The van der Waals surface area contributed by atoms with E-state index in [9.17, 15) is 14.4 Å². The molecule has 3 rings (SSSR count). The Morgan fingerprint density at radius 2 is 1.84 bits per heavy atom. The molecule has 2 N–H and O–H groups in total. The number of nitrogens with one attached hydrogen (secondary N) is 2. The number of nitrogens with zero attached hydrogens (tertiary/aromatic N) is 1. The maximum absolute atomic E-state index is 13.3. The van der Waals surface area contributed by atoms with Crippen LogP contribution in [0.2, 0.25) is 0 Å². The zero-order valence-corrected chi connectivity index (χ0v) is 18.6. The van der Waals surface area contributed by atoms with Crippen LogP contribution in [0.15, 0.2) is 60.7 Å². The molecular formula is C24H27N3O5. The molecule has 1 aliphatic heterocycles. The minimum Gasteiger partial charge on any atom is -0.495 e. The smallest absolute Gasteiger partial charge is 0.326 e. The Hall–Kier alpha value is -3.81. The summed E-state index contributed by atoms with van der Waals surface area (Å²) < 4.78 is 10.8. The van der Waals surface area contributed by atoms with Crippen LogP contribution in [-0.4, -0.2) is 42.5 Å². The van der Waals surface area contributed by atoms with Crippen molar-refractivity contribution in [3.63, 3.8) is 0 Å².